The first-order valence-electron chi connectivity index (χ1n) is 8.50. The summed E-state index contributed by atoms with van der Waals surface area (Å²) in [4.78, 5) is 16.4. The van der Waals surface area contributed by atoms with E-state index < -0.39 is 0 Å². The third-order valence-electron chi connectivity index (χ3n) is 4.30. The van der Waals surface area contributed by atoms with Crippen molar-refractivity contribution in [3.8, 4) is 0 Å². The van der Waals surface area contributed by atoms with E-state index in [1.54, 1.807) is 18.2 Å². The largest absolute Gasteiger partial charge is 0.459 e. The van der Waals surface area contributed by atoms with E-state index in [1.165, 1.54) is 35.2 Å². The average Bonchev–Trinajstić information content (AvgIpc) is 3.30. The Kier molecular flexibility index (Phi) is 4.74. The predicted octanol–water partition coefficient (Wildman–Crippen LogP) is 4.55. The lowest BCUT2D eigenvalue weighted by Gasteiger charge is -2.13. The van der Waals surface area contributed by atoms with E-state index in [0.29, 0.717) is 27.9 Å². The van der Waals surface area contributed by atoms with Crippen LogP contribution in [0.1, 0.15) is 34.6 Å². The van der Waals surface area contributed by atoms with E-state index in [1.807, 2.05) is 13.8 Å². The van der Waals surface area contributed by atoms with Crippen molar-refractivity contribution in [3.63, 3.8) is 0 Å². The predicted molar refractivity (Wildman–Crippen MR) is 105 cm³/mol. The quantitative estimate of drug-likeness (QED) is 0.513. The first kappa shape index (κ1) is 18.1. The zero-order chi connectivity index (χ0) is 19.7. The summed E-state index contributed by atoms with van der Waals surface area (Å²) in [7, 11) is 0. The molecule has 2 N–H and O–H groups in total. The van der Waals surface area contributed by atoms with Gasteiger partial charge in [-0.2, -0.15) is 0 Å². The molecular weight excluding hydrogens is 381 g/mol. The first-order chi connectivity index (χ1) is 13.5. The van der Waals surface area contributed by atoms with Crippen molar-refractivity contribution in [2.45, 2.75) is 19.9 Å². The number of pyridine rings is 1. The molecule has 4 aromatic rings. The van der Waals surface area contributed by atoms with Gasteiger partial charge in [0.1, 0.15) is 28.5 Å². The average molecular weight is 397 g/mol. The van der Waals surface area contributed by atoms with Crippen LogP contribution in [0.3, 0.4) is 0 Å². The first-order valence-corrected chi connectivity index (χ1v) is 9.38. The van der Waals surface area contributed by atoms with Gasteiger partial charge in [0, 0.05) is 17.1 Å². The van der Waals surface area contributed by atoms with Crippen LogP contribution in [0.5, 0.6) is 0 Å². The number of fused-ring (bicyclic) bond motifs is 1. The summed E-state index contributed by atoms with van der Waals surface area (Å²) in [6, 6.07) is 7.65. The Morgan fingerprint density at radius 2 is 2.14 bits per heavy atom. The van der Waals surface area contributed by atoms with Crippen molar-refractivity contribution in [1.29, 1.82) is 0 Å². The van der Waals surface area contributed by atoms with Crippen molar-refractivity contribution in [1.82, 2.24) is 15.2 Å². The molecule has 1 atom stereocenters. The molecule has 7 nitrogen and oxygen atoms in total. The maximum Gasteiger partial charge on any atom is 0.259 e. The Labute approximate surface area is 163 Å². The summed E-state index contributed by atoms with van der Waals surface area (Å²) in [5, 5.41) is 14.5. The molecule has 0 spiro atoms. The number of nitrogens with zero attached hydrogens (tertiary/aromatic N) is 3. The van der Waals surface area contributed by atoms with Crippen LogP contribution in [0.25, 0.3) is 11.0 Å². The second-order valence-corrected chi connectivity index (χ2v) is 7.06. The fourth-order valence-electron chi connectivity index (χ4n) is 2.92. The molecule has 1 unspecified atom stereocenters. The van der Waals surface area contributed by atoms with Crippen molar-refractivity contribution in [3.05, 3.63) is 64.7 Å². The van der Waals surface area contributed by atoms with Crippen LogP contribution in [-0.4, -0.2) is 21.1 Å². The molecular formula is C19H16FN5O2S. The normalized spacial score (nSPS) is 12.1. The fourth-order valence-corrected chi connectivity index (χ4v) is 3.36. The number of rotatable bonds is 5. The van der Waals surface area contributed by atoms with Gasteiger partial charge in [-0.05, 0) is 44.2 Å². The van der Waals surface area contributed by atoms with Gasteiger partial charge < -0.3 is 9.73 Å². The highest BCUT2D eigenvalue weighted by molar-refractivity contribution is 7.13. The van der Waals surface area contributed by atoms with Gasteiger partial charge in [-0.3, -0.25) is 10.1 Å². The summed E-state index contributed by atoms with van der Waals surface area (Å²) in [6.07, 6.45) is 1.48. The Bertz CT molecular complexity index is 1130. The minimum atomic E-state index is -0.306. The molecule has 0 aliphatic heterocycles. The monoisotopic (exact) mass is 397 g/mol. The molecule has 9 heteroatoms. The Morgan fingerprint density at radius 1 is 1.29 bits per heavy atom. The summed E-state index contributed by atoms with van der Waals surface area (Å²) in [5.74, 6) is 0.693. The maximum absolute atomic E-state index is 13.5. The number of hydrogen-bond acceptors (Lipinski definition) is 7. The van der Waals surface area contributed by atoms with Crippen molar-refractivity contribution in [2.75, 3.05) is 10.6 Å². The minimum Gasteiger partial charge on any atom is -0.459 e. The summed E-state index contributed by atoms with van der Waals surface area (Å²) >= 11 is 1.24. The van der Waals surface area contributed by atoms with E-state index in [-0.39, 0.29) is 17.8 Å². The van der Waals surface area contributed by atoms with E-state index in [0.717, 1.165) is 10.9 Å². The van der Waals surface area contributed by atoms with Crippen LogP contribution in [-0.2, 0) is 0 Å². The van der Waals surface area contributed by atoms with Gasteiger partial charge in [0.2, 0.25) is 5.13 Å². The van der Waals surface area contributed by atoms with Crippen molar-refractivity contribution in [2.24, 2.45) is 0 Å². The zero-order valence-electron chi connectivity index (χ0n) is 15.1. The molecule has 4 rings (SSSR count). The van der Waals surface area contributed by atoms with E-state index >= 15 is 0 Å². The molecule has 0 saturated heterocycles. The molecule has 0 radical (unpaired) electrons. The van der Waals surface area contributed by atoms with Crippen LogP contribution in [0, 0.1) is 12.7 Å². The topological polar surface area (TPSA) is 92.9 Å². The van der Waals surface area contributed by atoms with E-state index in [4.69, 9.17) is 4.42 Å². The van der Waals surface area contributed by atoms with Crippen molar-refractivity contribution >= 4 is 39.2 Å². The third kappa shape index (κ3) is 3.56. The molecule has 3 heterocycles. The molecule has 0 aliphatic rings. The summed E-state index contributed by atoms with van der Waals surface area (Å²) < 4.78 is 19.4. The molecule has 1 aromatic carbocycles. The highest BCUT2D eigenvalue weighted by Crippen LogP contribution is 2.31. The molecule has 3 aromatic heterocycles. The Morgan fingerprint density at radius 3 is 2.86 bits per heavy atom. The number of benzene rings is 1. The molecule has 0 aliphatic carbocycles. The van der Waals surface area contributed by atoms with Gasteiger partial charge in [-0.25, -0.2) is 9.37 Å². The summed E-state index contributed by atoms with van der Waals surface area (Å²) in [6.45, 7) is 3.83. The van der Waals surface area contributed by atoms with Gasteiger partial charge >= 0.3 is 0 Å². The number of aromatic nitrogens is 3. The van der Waals surface area contributed by atoms with Gasteiger partial charge in [0.05, 0.1) is 11.6 Å². The van der Waals surface area contributed by atoms with Crippen LogP contribution in [0.4, 0.5) is 15.3 Å². The highest BCUT2D eigenvalue weighted by Gasteiger charge is 2.18. The number of aryl methyl sites for hydroxylation is 1. The number of furan rings is 1. The molecule has 1 amide bonds. The fraction of sp³-hybridized carbons (Fsp3) is 0.158. The zero-order valence-corrected chi connectivity index (χ0v) is 15.9. The number of carbonyl (C=O) groups excluding carboxylic acids is 1. The van der Waals surface area contributed by atoms with E-state index in [2.05, 4.69) is 25.8 Å². The van der Waals surface area contributed by atoms with Gasteiger partial charge in [0.15, 0.2) is 0 Å². The summed E-state index contributed by atoms with van der Waals surface area (Å²) in [5.41, 5.74) is 3.46. The lowest BCUT2D eigenvalue weighted by molar-refractivity contribution is 0.102. The second-order valence-electron chi connectivity index (χ2n) is 6.23. The van der Waals surface area contributed by atoms with E-state index in [9.17, 15) is 9.18 Å². The lowest BCUT2D eigenvalue weighted by Crippen LogP contribution is -2.13. The molecule has 142 valence electrons. The smallest absolute Gasteiger partial charge is 0.259 e. The third-order valence-corrected chi connectivity index (χ3v) is 4.91. The highest BCUT2D eigenvalue weighted by atomic mass is 32.1. The minimum absolute atomic E-state index is 0.191. The Balaban J connectivity index is 1.48. The number of carbonyl (C=O) groups is 1. The van der Waals surface area contributed by atoms with Crippen LogP contribution in [0.2, 0.25) is 0 Å². The Hall–Kier alpha value is -3.33. The van der Waals surface area contributed by atoms with Crippen LogP contribution < -0.4 is 10.6 Å². The molecule has 0 fully saturated rings. The SMILES string of the molecule is Cc1c(C(C)Nc2ccc(C(=O)Nc3nncs3)cn2)oc2ccc(F)cc12. The number of halogens is 1. The number of amides is 1. The van der Waals surface area contributed by atoms with Gasteiger partial charge in [0.25, 0.3) is 5.91 Å². The van der Waals surface area contributed by atoms with Gasteiger partial charge in [-0.1, -0.05) is 11.3 Å². The number of anilines is 2. The molecule has 0 bridgehead atoms. The molecule has 28 heavy (non-hydrogen) atoms. The maximum atomic E-state index is 13.5. The molecule has 0 saturated carbocycles. The van der Waals surface area contributed by atoms with Crippen LogP contribution in [0.15, 0.2) is 46.5 Å². The van der Waals surface area contributed by atoms with Crippen molar-refractivity contribution < 1.29 is 13.6 Å². The number of hydrogen-bond donors (Lipinski definition) is 2. The second kappa shape index (κ2) is 7.35. The lowest BCUT2D eigenvalue weighted by atomic mass is 10.1. The number of nitrogens with one attached hydrogen (secondary N) is 2. The standard InChI is InChI=1S/C19H16FN5O2S/c1-10-14-7-13(20)4-5-15(14)27-17(10)11(2)23-16-6-3-12(8-21-16)18(26)24-19-25-22-9-28-19/h3-9,11H,1-2H3,(H,21,23)(H,24,25,26). The van der Waals surface area contributed by atoms with Gasteiger partial charge in [-0.15, -0.1) is 10.2 Å². The van der Waals surface area contributed by atoms with Crippen LogP contribution >= 0.6 is 11.3 Å².